The smallest absolute Gasteiger partial charge is 0.228 e. The van der Waals surface area contributed by atoms with E-state index in [0.717, 1.165) is 28.9 Å². The molecule has 5 heteroatoms. The monoisotopic (exact) mass is 342 g/mol. The van der Waals surface area contributed by atoms with Gasteiger partial charge in [0.25, 0.3) is 0 Å². The lowest BCUT2D eigenvalue weighted by atomic mass is 9.79. The number of ether oxygens (including phenoxy) is 1. The highest BCUT2D eigenvalue weighted by molar-refractivity contribution is 5.85. The number of hydrogen-bond donors (Lipinski definition) is 1. The molecular weight excluding hydrogens is 324 g/mol. The zero-order valence-corrected chi connectivity index (χ0v) is 14.4. The molecule has 0 saturated carbocycles. The second-order valence-electron chi connectivity index (χ2n) is 6.23. The molecule has 1 aliphatic rings. The van der Waals surface area contributed by atoms with Crippen molar-refractivity contribution in [3.8, 4) is 17.6 Å². The summed E-state index contributed by atoms with van der Waals surface area (Å²) in [5.74, 6) is -0.416. The summed E-state index contributed by atoms with van der Waals surface area (Å²) in [5.41, 5.74) is 3.67. The maximum atomic E-state index is 9.71. The van der Waals surface area contributed by atoms with Crippen LogP contribution in [0, 0.1) is 22.7 Å². The first-order valence-corrected chi connectivity index (χ1v) is 8.62. The molecule has 0 bridgehead atoms. The van der Waals surface area contributed by atoms with E-state index in [-0.39, 0.29) is 11.8 Å². The fraction of sp³-hybridized carbons (Fsp3) is 0.190. The maximum absolute atomic E-state index is 9.71. The van der Waals surface area contributed by atoms with E-state index < -0.39 is 5.92 Å². The van der Waals surface area contributed by atoms with Gasteiger partial charge in [0.1, 0.15) is 5.92 Å². The lowest BCUT2D eigenvalue weighted by molar-refractivity contribution is 0.424. The number of aromatic nitrogens is 2. The van der Waals surface area contributed by atoms with E-state index in [1.54, 1.807) is 4.68 Å². The molecule has 1 aromatic heterocycles. The van der Waals surface area contributed by atoms with Gasteiger partial charge in [-0.1, -0.05) is 55.5 Å². The van der Waals surface area contributed by atoms with E-state index >= 15 is 0 Å². The first kappa shape index (κ1) is 16.1. The number of benzene rings is 2. The first-order valence-electron chi connectivity index (χ1n) is 8.62. The fourth-order valence-corrected chi connectivity index (χ4v) is 3.51. The lowest BCUT2D eigenvalue weighted by Gasteiger charge is -2.29. The molecule has 1 aliphatic heterocycles. The zero-order chi connectivity index (χ0) is 18.1. The molecule has 0 radical (unpaired) electrons. The highest BCUT2D eigenvalue weighted by Gasteiger charge is 2.41. The molecule has 1 N–H and O–H groups in total. The van der Waals surface area contributed by atoms with Crippen molar-refractivity contribution in [1.82, 2.24) is 9.78 Å². The number of nitriles is 1. The predicted molar refractivity (Wildman–Crippen MR) is 98.7 cm³/mol. The van der Waals surface area contributed by atoms with Gasteiger partial charge in [-0.2, -0.15) is 10.4 Å². The van der Waals surface area contributed by atoms with Gasteiger partial charge in [-0.3, -0.25) is 5.41 Å². The van der Waals surface area contributed by atoms with E-state index in [0.29, 0.717) is 5.88 Å². The van der Waals surface area contributed by atoms with Crippen LogP contribution in [0.1, 0.15) is 29.7 Å². The summed E-state index contributed by atoms with van der Waals surface area (Å²) in [6, 6.07) is 21.8. The van der Waals surface area contributed by atoms with Crippen LogP contribution in [0.3, 0.4) is 0 Å². The van der Waals surface area contributed by atoms with Crippen molar-refractivity contribution in [3.63, 3.8) is 0 Å². The molecule has 0 fully saturated rings. The largest absolute Gasteiger partial charge is 0.423 e. The molecular formula is C21H18N4O. The molecule has 4 rings (SSSR count). The normalized spacial score (nSPS) is 18.7. The van der Waals surface area contributed by atoms with Crippen molar-refractivity contribution >= 4 is 5.90 Å². The molecule has 0 spiro atoms. The fourth-order valence-electron chi connectivity index (χ4n) is 3.51. The molecule has 0 saturated heterocycles. The predicted octanol–water partition coefficient (Wildman–Crippen LogP) is 4.08. The van der Waals surface area contributed by atoms with Gasteiger partial charge in [-0.15, -0.1) is 0 Å². The van der Waals surface area contributed by atoms with Gasteiger partial charge in [-0.05, 0) is 24.1 Å². The molecule has 2 aromatic carbocycles. The highest BCUT2D eigenvalue weighted by Crippen LogP contribution is 2.44. The Balaban J connectivity index is 1.97. The van der Waals surface area contributed by atoms with Crippen molar-refractivity contribution < 1.29 is 4.74 Å². The van der Waals surface area contributed by atoms with Crippen molar-refractivity contribution in [3.05, 3.63) is 77.5 Å². The highest BCUT2D eigenvalue weighted by atomic mass is 16.5. The standard InChI is InChI=1S/C21H18N4O/c1-2-17-19-18(14-9-5-3-6-10-14)16(13-22)20(23)26-21(19)25(24-17)15-11-7-4-8-12-15/h3-12,16,18,23H,2H2,1H3. The second kappa shape index (κ2) is 6.49. The van der Waals surface area contributed by atoms with Gasteiger partial charge in [0.2, 0.25) is 11.8 Å². The molecule has 128 valence electrons. The van der Waals surface area contributed by atoms with E-state index in [1.165, 1.54) is 0 Å². The Hall–Kier alpha value is -3.39. The third kappa shape index (κ3) is 2.47. The summed E-state index contributed by atoms with van der Waals surface area (Å²) < 4.78 is 7.56. The minimum atomic E-state index is -0.663. The Labute approximate surface area is 152 Å². The summed E-state index contributed by atoms with van der Waals surface area (Å²) in [5, 5.41) is 22.7. The number of aryl methyl sites for hydroxylation is 1. The second-order valence-corrected chi connectivity index (χ2v) is 6.23. The Kier molecular flexibility index (Phi) is 4.02. The SMILES string of the molecule is CCc1nn(-c2ccccc2)c2c1C(c1ccccc1)C(C#N)C(=N)O2. The van der Waals surface area contributed by atoms with E-state index in [2.05, 4.69) is 6.07 Å². The van der Waals surface area contributed by atoms with E-state index in [4.69, 9.17) is 15.2 Å². The number of para-hydroxylation sites is 1. The van der Waals surface area contributed by atoms with Crippen LogP contribution in [0.4, 0.5) is 0 Å². The molecule has 3 aromatic rings. The van der Waals surface area contributed by atoms with Crippen LogP contribution in [-0.4, -0.2) is 15.7 Å². The van der Waals surface area contributed by atoms with Crippen LogP contribution in [0.25, 0.3) is 5.69 Å². The minimum Gasteiger partial charge on any atom is -0.423 e. The van der Waals surface area contributed by atoms with Crippen LogP contribution in [0.2, 0.25) is 0 Å². The summed E-state index contributed by atoms with van der Waals surface area (Å²) in [6.45, 7) is 2.04. The Morgan fingerprint density at radius 3 is 2.38 bits per heavy atom. The van der Waals surface area contributed by atoms with Gasteiger partial charge in [0, 0.05) is 11.5 Å². The molecule has 0 aliphatic carbocycles. The van der Waals surface area contributed by atoms with Crippen molar-refractivity contribution in [2.75, 3.05) is 0 Å². The van der Waals surface area contributed by atoms with Crippen molar-refractivity contribution in [2.45, 2.75) is 19.3 Å². The van der Waals surface area contributed by atoms with Crippen LogP contribution in [-0.2, 0) is 6.42 Å². The first-order chi connectivity index (χ1) is 12.7. The third-order valence-corrected chi connectivity index (χ3v) is 4.72. The molecule has 2 unspecified atom stereocenters. The molecule has 5 nitrogen and oxygen atoms in total. The number of nitrogens with zero attached hydrogens (tertiary/aromatic N) is 3. The quantitative estimate of drug-likeness (QED) is 0.779. The van der Waals surface area contributed by atoms with Gasteiger partial charge in [0.15, 0.2) is 0 Å². The molecule has 0 amide bonds. The third-order valence-electron chi connectivity index (χ3n) is 4.72. The van der Waals surface area contributed by atoms with Crippen molar-refractivity contribution in [2.24, 2.45) is 5.92 Å². The zero-order valence-electron chi connectivity index (χ0n) is 14.4. The molecule has 2 atom stereocenters. The number of hydrogen-bond acceptors (Lipinski definition) is 4. The molecule has 26 heavy (non-hydrogen) atoms. The molecule has 2 heterocycles. The minimum absolute atomic E-state index is 0.0337. The van der Waals surface area contributed by atoms with Crippen LogP contribution in [0.5, 0.6) is 5.88 Å². The number of fused-ring (bicyclic) bond motifs is 1. The summed E-state index contributed by atoms with van der Waals surface area (Å²) in [4.78, 5) is 0. The Morgan fingerprint density at radius 2 is 1.77 bits per heavy atom. The Morgan fingerprint density at radius 1 is 1.12 bits per heavy atom. The van der Waals surface area contributed by atoms with E-state index in [9.17, 15) is 5.26 Å². The topological polar surface area (TPSA) is 74.7 Å². The van der Waals surface area contributed by atoms with Crippen LogP contribution < -0.4 is 4.74 Å². The summed E-state index contributed by atoms with van der Waals surface area (Å²) >= 11 is 0. The van der Waals surface area contributed by atoms with Gasteiger partial charge < -0.3 is 4.74 Å². The van der Waals surface area contributed by atoms with Gasteiger partial charge in [0.05, 0.1) is 17.5 Å². The summed E-state index contributed by atoms with van der Waals surface area (Å²) in [6.07, 6.45) is 0.723. The van der Waals surface area contributed by atoms with Crippen LogP contribution in [0.15, 0.2) is 60.7 Å². The summed E-state index contributed by atoms with van der Waals surface area (Å²) in [7, 11) is 0. The maximum Gasteiger partial charge on any atom is 0.228 e. The van der Waals surface area contributed by atoms with Gasteiger partial charge >= 0.3 is 0 Å². The van der Waals surface area contributed by atoms with E-state index in [1.807, 2.05) is 67.6 Å². The average molecular weight is 342 g/mol. The van der Waals surface area contributed by atoms with Crippen molar-refractivity contribution in [1.29, 1.82) is 10.7 Å². The number of nitrogens with one attached hydrogen (secondary N) is 1. The Bertz CT molecular complexity index is 986. The average Bonchev–Trinajstić information content (AvgIpc) is 3.06. The van der Waals surface area contributed by atoms with Gasteiger partial charge in [-0.25, -0.2) is 4.68 Å². The number of rotatable bonds is 3. The lowest BCUT2D eigenvalue weighted by Crippen LogP contribution is -2.31. The van der Waals surface area contributed by atoms with Crippen LogP contribution >= 0.6 is 0 Å².